The van der Waals surface area contributed by atoms with Crippen molar-refractivity contribution in [2.24, 2.45) is 5.41 Å². The minimum atomic E-state index is -0.426. The largest absolute Gasteiger partial charge is 0.494 e. The number of Topliss-reactive ketones (excluding diaryl/α,β-unsaturated/α-hetero) is 1. The average molecular weight is 445 g/mol. The predicted octanol–water partition coefficient (Wildman–Crippen LogP) is 5.64. The normalized spacial score (nSPS) is 19.7. The average Bonchev–Trinajstić information content (AvgIpc) is 2.74. The van der Waals surface area contributed by atoms with Crippen molar-refractivity contribution in [1.82, 2.24) is 5.32 Å². The van der Waals surface area contributed by atoms with E-state index in [-0.39, 0.29) is 17.1 Å². The van der Waals surface area contributed by atoms with Gasteiger partial charge in [0.2, 0.25) is 0 Å². The monoisotopic (exact) mass is 444 g/mol. The molecule has 2 aliphatic rings. The molecule has 2 aromatic rings. The van der Waals surface area contributed by atoms with Gasteiger partial charge >= 0.3 is 0 Å². The van der Waals surface area contributed by atoms with Crippen LogP contribution in [0, 0.1) is 12.3 Å². The Balaban J connectivity index is 1.79. The van der Waals surface area contributed by atoms with Crippen molar-refractivity contribution in [2.75, 3.05) is 11.9 Å². The zero-order valence-corrected chi connectivity index (χ0v) is 20.0. The van der Waals surface area contributed by atoms with E-state index in [1.807, 2.05) is 69.3 Å². The molecule has 0 aromatic heterocycles. The molecule has 1 aliphatic carbocycles. The van der Waals surface area contributed by atoms with Crippen LogP contribution in [0.5, 0.6) is 5.75 Å². The van der Waals surface area contributed by atoms with Gasteiger partial charge in [0.25, 0.3) is 5.91 Å². The van der Waals surface area contributed by atoms with Gasteiger partial charge in [-0.1, -0.05) is 44.2 Å². The first-order valence-corrected chi connectivity index (χ1v) is 11.5. The van der Waals surface area contributed by atoms with E-state index in [0.717, 1.165) is 40.4 Å². The molecule has 1 aliphatic heterocycles. The van der Waals surface area contributed by atoms with Crippen molar-refractivity contribution in [1.29, 1.82) is 0 Å². The van der Waals surface area contributed by atoms with Gasteiger partial charge in [0.05, 0.1) is 6.61 Å². The highest BCUT2D eigenvalue weighted by atomic mass is 16.5. The summed E-state index contributed by atoms with van der Waals surface area (Å²) in [5.41, 5.74) is 5.55. The molecule has 0 fully saturated rings. The first-order chi connectivity index (χ1) is 15.7. The number of anilines is 1. The quantitative estimate of drug-likeness (QED) is 0.627. The molecule has 0 unspecified atom stereocenters. The Kier molecular flexibility index (Phi) is 6.15. The minimum absolute atomic E-state index is 0.0985. The molecule has 33 heavy (non-hydrogen) atoms. The van der Waals surface area contributed by atoms with Crippen LogP contribution in [-0.4, -0.2) is 18.3 Å². The molecule has 0 spiro atoms. The van der Waals surface area contributed by atoms with Gasteiger partial charge in [-0.15, -0.1) is 0 Å². The second-order valence-corrected chi connectivity index (χ2v) is 9.70. The van der Waals surface area contributed by atoms with Crippen molar-refractivity contribution < 1.29 is 14.3 Å². The van der Waals surface area contributed by atoms with Gasteiger partial charge in [0.15, 0.2) is 5.78 Å². The molecule has 5 heteroatoms. The van der Waals surface area contributed by atoms with E-state index in [0.29, 0.717) is 24.2 Å². The second-order valence-electron chi connectivity index (χ2n) is 9.70. The van der Waals surface area contributed by atoms with Gasteiger partial charge in [0.1, 0.15) is 5.75 Å². The number of aryl methyl sites for hydroxylation is 1. The third kappa shape index (κ3) is 4.58. The summed E-state index contributed by atoms with van der Waals surface area (Å²) >= 11 is 0. The number of dihydropyridines is 1. The van der Waals surface area contributed by atoms with E-state index in [2.05, 4.69) is 24.5 Å². The lowest BCUT2D eigenvalue weighted by molar-refractivity contribution is -0.118. The molecule has 172 valence electrons. The van der Waals surface area contributed by atoms with E-state index >= 15 is 0 Å². The Morgan fingerprint density at radius 1 is 1.09 bits per heavy atom. The molecule has 0 saturated carbocycles. The second kappa shape index (κ2) is 8.89. The SMILES string of the molecule is CCOc1ccc([C@H]2C(C(=O)Nc3ccccc3C)=C(C)NC3=C2C(=O)CC(C)(C)C3)cc1. The third-order valence-corrected chi connectivity index (χ3v) is 6.40. The van der Waals surface area contributed by atoms with Crippen molar-refractivity contribution in [3.63, 3.8) is 0 Å². The fourth-order valence-electron chi connectivity index (χ4n) is 4.90. The molecular weight excluding hydrogens is 412 g/mol. The highest BCUT2D eigenvalue weighted by molar-refractivity contribution is 6.10. The maximum absolute atomic E-state index is 13.6. The summed E-state index contributed by atoms with van der Waals surface area (Å²) in [5, 5.41) is 6.49. The number of benzene rings is 2. The number of ketones is 1. The number of hydrogen-bond donors (Lipinski definition) is 2. The fraction of sp³-hybridized carbons (Fsp3) is 0.357. The van der Waals surface area contributed by atoms with Crippen LogP contribution < -0.4 is 15.4 Å². The molecule has 0 bridgehead atoms. The number of hydrogen-bond acceptors (Lipinski definition) is 4. The maximum atomic E-state index is 13.6. The number of amides is 1. The summed E-state index contributed by atoms with van der Waals surface area (Å²) in [5.74, 6) is 0.246. The topological polar surface area (TPSA) is 67.4 Å². The van der Waals surface area contributed by atoms with E-state index in [4.69, 9.17) is 4.74 Å². The van der Waals surface area contributed by atoms with E-state index < -0.39 is 5.92 Å². The molecule has 2 N–H and O–H groups in total. The molecule has 4 rings (SSSR count). The fourth-order valence-corrected chi connectivity index (χ4v) is 4.90. The number of carbonyl (C=O) groups is 2. The molecule has 0 radical (unpaired) electrons. The Hall–Kier alpha value is -3.34. The van der Waals surface area contributed by atoms with Gasteiger partial charge in [-0.05, 0) is 61.9 Å². The highest BCUT2D eigenvalue weighted by Gasteiger charge is 2.42. The summed E-state index contributed by atoms with van der Waals surface area (Å²) in [6.07, 6.45) is 1.23. The van der Waals surface area contributed by atoms with Crippen LogP contribution in [0.3, 0.4) is 0 Å². The zero-order valence-electron chi connectivity index (χ0n) is 20.0. The first-order valence-electron chi connectivity index (χ1n) is 11.5. The third-order valence-electron chi connectivity index (χ3n) is 6.40. The smallest absolute Gasteiger partial charge is 0.254 e. The van der Waals surface area contributed by atoms with Gasteiger partial charge < -0.3 is 15.4 Å². The number of allylic oxidation sites excluding steroid dienone is 3. The molecule has 1 amide bonds. The summed E-state index contributed by atoms with van der Waals surface area (Å²) in [4.78, 5) is 27.0. The standard InChI is InChI=1S/C28H32N2O3/c1-6-33-20-13-11-19(12-14-20)25-24(27(32)30-21-10-8-7-9-17(21)2)18(3)29-22-15-28(4,5)16-23(31)26(22)25/h7-14,25,29H,6,15-16H2,1-5H3,(H,30,32)/t25-/m0/s1. The Labute approximate surface area is 195 Å². The molecule has 2 aromatic carbocycles. The molecule has 0 saturated heterocycles. The summed E-state index contributed by atoms with van der Waals surface area (Å²) in [6, 6.07) is 15.5. The molecular formula is C28H32N2O3. The Bertz CT molecular complexity index is 1160. The van der Waals surface area contributed by atoms with Gasteiger partial charge in [-0.25, -0.2) is 0 Å². The highest BCUT2D eigenvalue weighted by Crippen LogP contribution is 2.47. The van der Waals surface area contributed by atoms with Crippen LogP contribution in [0.4, 0.5) is 5.69 Å². The number of rotatable bonds is 5. The van der Waals surface area contributed by atoms with Crippen LogP contribution in [0.2, 0.25) is 0 Å². The van der Waals surface area contributed by atoms with Crippen LogP contribution in [0.15, 0.2) is 71.1 Å². The van der Waals surface area contributed by atoms with E-state index in [9.17, 15) is 9.59 Å². The predicted molar refractivity (Wildman–Crippen MR) is 131 cm³/mol. The van der Waals surface area contributed by atoms with E-state index in [1.165, 1.54) is 0 Å². The van der Waals surface area contributed by atoms with Crippen molar-refractivity contribution in [3.05, 3.63) is 82.2 Å². The molecule has 1 heterocycles. The van der Waals surface area contributed by atoms with Crippen molar-refractivity contribution in [3.8, 4) is 5.75 Å². The van der Waals surface area contributed by atoms with Crippen LogP contribution >= 0.6 is 0 Å². The number of ether oxygens (including phenoxy) is 1. The van der Waals surface area contributed by atoms with Crippen molar-refractivity contribution in [2.45, 2.75) is 53.4 Å². The first kappa shape index (κ1) is 22.8. The Morgan fingerprint density at radius 2 is 1.79 bits per heavy atom. The van der Waals surface area contributed by atoms with Crippen LogP contribution in [0.25, 0.3) is 0 Å². The molecule has 1 atom stereocenters. The summed E-state index contributed by atoms with van der Waals surface area (Å²) < 4.78 is 5.61. The van der Waals surface area contributed by atoms with E-state index in [1.54, 1.807) is 0 Å². The van der Waals surface area contributed by atoms with Gasteiger partial charge in [0, 0.05) is 40.6 Å². The van der Waals surface area contributed by atoms with Gasteiger partial charge in [-0.2, -0.15) is 0 Å². The number of carbonyl (C=O) groups excluding carboxylic acids is 2. The minimum Gasteiger partial charge on any atom is -0.494 e. The summed E-state index contributed by atoms with van der Waals surface area (Å²) in [6.45, 7) is 10.6. The number of para-hydroxylation sites is 1. The number of nitrogens with one attached hydrogen (secondary N) is 2. The zero-order chi connectivity index (χ0) is 23.8. The maximum Gasteiger partial charge on any atom is 0.254 e. The lowest BCUT2D eigenvalue weighted by Crippen LogP contribution is -2.39. The molecule has 5 nitrogen and oxygen atoms in total. The lowest BCUT2D eigenvalue weighted by Gasteiger charge is -2.39. The van der Waals surface area contributed by atoms with Crippen molar-refractivity contribution >= 4 is 17.4 Å². The lowest BCUT2D eigenvalue weighted by atomic mass is 9.68. The Morgan fingerprint density at radius 3 is 2.45 bits per heavy atom. The van der Waals surface area contributed by atoms with Gasteiger partial charge in [-0.3, -0.25) is 9.59 Å². The summed E-state index contributed by atoms with van der Waals surface area (Å²) in [7, 11) is 0. The van der Waals surface area contributed by atoms with Crippen LogP contribution in [-0.2, 0) is 9.59 Å². The van der Waals surface area contributed by atoms with Crippen LogP contribution in [0.1, 0.15) is 57.6 Å².